The molecule has 0 nitrogen and oxygen atoms in total. The number of halogens is 1. The Kier molecular flexibility index (Phi) is 12.3. The molecular formula is C6H13ClMgSi. The Morgan fingerprint density at radius 2 is 2.11 bits per heavy atom. The highest BCUT2D eigenvalue weighted by Gasteiger charge is 1.79. The van der Waals surface area contributed by atoms with E-state index in [0.29, 0.717) is 5.92 Å². The summed E-state index contributed by atoms with van der Waals surface area (Å²) in [5, 5.41) is 0. The summed E-state index contributed by atoms with van der Waals surface area (Å²) in [5.41, 5.74) is 3.88. The lowest BCUT2D eigenvalue weighted by Gasteiger charge is -1.84. The minimum Gasteiger partial charge on any atom is -0.138 e. The predicted molar refractivity (Wildman–Crippen MR) is 50.4 cm³/mol. The Hall–Kier alpha value is 0.833. The summed E-state index contributed by atoms with van der Waals surface area (Å²) in [6, 6.07) is 0. The molecule has 3 heteroatoms. The Bertz CT molecular complexity index is 103. The first-order valence-electron chi connectivity index (χ1n) is 2.81. The highest BCUT2D eigenvalue weighted by atomic mass is 35.5. The summed E-state index contributed by atoms with van der Waals surface area (Å²) < 4.78 is 0. The van der Waals surface area contributed by atoms with Gasteiger partial charge in [-0.15, -0.1) is 23.1 Å². The van der Waals surface area contributed by atoms with E-state index in [-0.39, 0.29) is 32.6 Å². The van der Waals surface area contributed by atoms with Gasteiger partial charge in [0.2, 0.25) is 0 Å². The van der Waals surface area contributed by atoms with Gasteiger partial charge in [-0.3, -0.25) is 0 Å². The van der Waals surface area contributed by atoms with Crippen LogP contribution < -0.4 is 0 Å². The molecule has 9 heavy (non-hydrogen) atoms. The number of rotatable bonds is 1. The molecule has 0 radical (unpaired) electrons. The molecule has 0 atom stereocenters. The van der Waals surface area contributed by atoms with E-state index in [0.717, 1.165) is 5.50 Å². The average molecular weight is 173 g/mol. The van der Waals surface area contributed by atoms with Crippen molar-refractivity contribution in [3.8, 4) is 11.5 Å². The van der Waals surface area contributed by atoms with Crippen molar-refractivity contribution in [2.75, 3.05) is 5.50 Å². The molecule has 0 spiro atoms. The fourth-order valence-corrected chi connectivity index (χ4v) is 1.25. The Morgan fingerprint density at radius 3 is 2.44 bits per heavy atom. The molecule has 0 aliphatic rings. The van der Waals surface area contributed by atoms with Gasteiger partial charge in [0, 0.05) is 11.4 Å². The molecule has 0 aromatic carbocycles. The second-order valence-electron chi connectivity index (χ2n) is 1.91. The molecule has 0 saturated carbocycles. The van der Waals surface area contributed by atoms with E-state index in [2.05, 4.69) is 25.3 Å². The number of alkyl halides is 1. The van der Waals surface area contributed by atoms with Crippen LogP contribution in [0.5, 0.6) is 0 Å². The predicted octanol–water partition coefficient (Wildman–Crippen LogP) is 0.0522. The quantitative estimate of drug-likeness (QED) is 0.298. The van der Waals surface area contributed by atoms with Gasteiger partial charge in [0.15, 0.2) is 0 Å². The first-order chi connectivity index (χ1) is 3.77. The molecule has 0 aromatic heterocycles. The SMILES string of the molecule is CC(C)C#C[SiH2]CCl.[MgH2]. The molecule has 50 valence electrons. The molecule has 0 fully saturated rings. The summed E-state index contributed by atoms with van der Waals surface area (Å²) in [4.78, 5) is 0. The Labute approximate surface area is 80.7 Å². The third-order valence-corrected chi connectivity index (χ3v) is 1.82. The summed E-state index contributed by atoms with van der Waals surface area (Å²) in [6.45, 7) is 4.19. The van der Waals surface area contributed by atoms with Crippen molar-refractivity contribution < 1.29 is 0 Å². The van der Waals surface area contributed by atoms with E-state index in [4.69, 9.17) is 11.6 Å². The largest absolute Gasteiger partial charge is 0.316 e. The van der Waals surface area contributed by atoms with Crippen LogP contribution in [0.15, 0.2) is 0 Å². The Morgan fingerprint density at radius 1 is 1.56 bits per heavy atom. The van der Waals surface area contributed by atoms with Gasteiger partial charge in [0.05, 0.1) is 0 Å². The third kappa shape index (κ3) is 12.1. The smallest absolute Gasteiger partial charge is 0.138 e. The highest BCUT2D eigenvalue weighted by Crippen LogP contribution is 1.84. The van der Waals surface area contributed by atoms with Crippen LogP contribution in [0, 0.1) is 17.4 Å². The normalized spacial score (nSPS) is 8.89. The van der Waals surface area contributed by atoms with E-state index in [1.165, 1.54) is 0 Å². The van der Waals surface area contributed by atoms with Crippen LogP contribution >= 0.6 is 11.6 Å². The summed E-state index contributed by atoms with van der Waals surface area (Å²) in [5.74, 6) is 3.59. The first-order valence-corrected chi connectivity index (χ1v) is 5.06. The fraction of sp³-hybridized carbons (Fsp3) is 0.667. The van der Waals surface area contributed by atoms with Gasteiger partial charge >= 0.3 is 23.1 Å². The summed E-state index contributed by atoms with van der Waals surface area (Å²) in [6.07, 6.45) is 0. The average Bonchev–Trinajstić information content (AvgIpc) is 1.66. The minimum atomic E-state index is -0.217. The van der Waals surface area contributed by atoms with E-state index in [9.17, 15) is 0 Å². The van der Waals surface area contributed by atoms with Crippen LogP contribution in [0.2, 0.25) is 0 Å². The number of hydrogen-bond donors (Lipinski definition) is 0. The van der Waals surface area contributed by atoms with Crippen LogP contribution in [0.1, 0.15) is 13.8 Å². The zero-order valence-electron chi connectivity index (χ0n) is 5.37. The molecule has 0 aliphatic carbocycles. The van der Waals surface area contributed by atoms with E-state index in [1.807, 2.05) is 0 Å². The highest BCUT2D eigenvalue weighted by molar-refractivity contribution is 6.57. The number of hydrogen-bond acceptors (Lipinski definition) is 0. The zero-order chi connectivity index (χ0) is 6.41. The second kappa shape index (κ2) is 8.83. The Balaban J connectivity index is 0. The maximum Gasteiger partial charge on any atom is 0.316 e. The van der Waals surface area contributed by atoms with Gasteiger partial charge in [0.25, 0.3) is 0 Å². The maximum absolute atomic E-state index is 5.44. The van der Waals surface area contributed by atoms with Gasteiger partial charge in [-0.05, 0) is 0 Å². The van der Waals surface area contributed by atoms with Crippen LogP contribution in [-0.4, -0.2) is 38.1 Å². The van der Waals surface area contributed by atoms with Crippen LogP contribution in [-0.2, 0) is 0 Å². The lowest BCUT2D eigenvalue weighted by Crippen LogP contribution is -1.87. The van der Waals surface area contributed by atoms with Gasteiger partial charge in [-0.2, -0.15) is 0 Å². The van der Waals surface area contributed by atoms with E-state index < -0.39 is 0 Å². The van der Waals surface area contributed by atoms with E-state index >= 15 is 0 Å². The monoisotopic (exact) mass is 172 g/mol. The van der Waals surface area contributed by atoms with Crippen molar-refractivity contribution >= 4 is 44.2 Å². The lowest BCUT2D eigenvalue weighted by atomic mass is 10.2. The minimum absolute atomic E-state index is 0. The van der Waals surface area contributed by atoms with Crippen molar-refractivity contribution in [3.05, 3.63) is 0 Å². The molecule has 0 saturated heterocycles. The maximum atomic E-state index is 5.44. The zero-order valence-corrected chi connectivity index (χ0v) is 7.54. The standard InChI is InChI=1S/C6H11ClSi.Mg.2H/c1-6(2)3-4-8-5-7;;;/h6H,5,8H2,1-2H3;;;. The lowest BCUT2D eigenvalue weighted by molar-refractivity contribution is 0.867. The van der Waals surface area contributed by atoms with Crippen molar-refractivity contribution in [2.45, 2.75) is 13.8 Å². The second-order valence-corrected chi connectivity index (χ2v) is 4.28. The fourth-order valence-electron chi connectivity index (χ4n) is 0.324. The third-order valence-electron chi connectivity index (χ3n) is 0.610. The van der Waals surface area contributed by atoms with Crippen LogP contribution in [0.3, 0.4) is 0 Å². The molecular weight excluding hydrogens is 160 g/mol. The molecule has 0 unspecified atom stereocenters. The molecule has 0 aliphatic heterocycles. The van der Waals surface area contributed by atoms with E-state index in [1.54, 1.807) is 0 Å². The van der Waals surface area contributed by atoms with Crippen LogP contribution in [0.4, 0.5) is 0 Å². The van der Waals surface area contributed by atoms with Gasteiger partial charge in [-0.25, -0.2) is 0 Å². The molecule has 0 bridgehead atoms. The molecule has 0 N–H and O–H groups in total. The van der Waals surface area contributed by atoms with Crippen molar-refractivity contribution in [1.82, 2.24) is 0 Å². The molecule has 0 heterocycles. The molecule has 0 amide bonds. The van der Waals surface area contributed by atoms with Gasteiger partial charge in [0.1, 0.15) is 9.52 Å². The summed E-state index contributed by atoms with van der Waals surface area (Å²) >= 11 is 5.44. The first kappa shape index (κ1) is 12.5. The van der Waals surface area contributed by atoms with Crippen molar-refractivity contribution in [3.63, 3.8) is 0 Å². The van der Waals surface area contributed by atoms with Gasteiger partial charge in [-0.1, -0.05) is 13.8 Å². The molecule has 0 aromatic rings. The van der Waals surface area contributed by atoms with Gasteiger partial charge < -0.3 is 0 Å². The van der Waals surface area contributed by atoms with Crippen LogP contribution in [0.25, 0.3) is 0 Å². The van der Waals surface area contributed by atoms with Crippen molar-refractivity contribution in [2.24, 2.45) is 5.92 Å². The molecule has 0 rings (SSSR count). The topological polar surface area (TPSA) is 0 Å². The van der Waals surface area contributed by atoms with Crippen molar-refractivity contribution in [1.29, 1.82) is 0 Å². The summed E-state index contributed by atoms with van der Waals surface area (Å²) in [7, 11) is -0.217.